The van der Waals surface area contributed by atoms with Crippen molar-refractivity contribution in [3.8, 4) is 0 Å². The van der Waals surface area contributed by atoms with Crippen LogP contribution in [-0.4, -0.2) is 40.1 Å². The molecule has 1 aromatic heterocycles. The zero-order valence-electron chi connectivity index (χ0n) is 14.6. The number of aliphatic imine (C=N–C) groups is 1. The van der Waals surface area contributed by atoms with E-state index in [0.29, 0.717) is 18.5 Å². The summed E-state index contributed by atoms with van der Waals surface area (Å²) in [4.78, 5) is 8.79. The minimum Gasteiger partial charge on any atom is -0.354 e. The van der Waals surface area contributed by atoms with Crippen molar-refractivity contribution in [3.63, 3.8) is 0 Å². The summed E-state index contributed by atoms with van der Waals surface area (Å²) in [6.07, 6.45) is 9.88. The first-order chi connectivity index (χ1) is 10.6. The number of nitrogens with zero attached hydrogens (tertiary/aromatic N) is 3. The Bertz CT molecular complexity index is 489. The Morgan fingerprint density at radius 3 is 2.87 bits per heavy atom. The molecule has 0 radical (unpaired) electrons. The van der Waals surface area contributed by atoms with Crippen LogP contribution < -0.4 is 10.6 Å². The fraction of sp³-hybridized carbons (Fsp3) is 0.750. The van der Waals surface area contributed by atoms with E-state index in [0.717, 1.165) is 23.6 Å². The van der Waals surface area contributed by atoms with Crippen LogP contribution in [0.4, 0.5) is 0 Å². The number of halogens is 1. The maximum Gasteiger partial charge on any atom is 0.191 e. The lowest BCUT2D eigenvalue weighted by Gasteiger charge is -2.18. The number of nitrogens with one attached hydrogen (secondary N) is 2. The van der Waals surface area contributed by atoms with Crippen molar-refractivity contribution < 1.29 is 0 Å². The van der Waals surface area contributed by atoms with E-state index in [1.54, 1.807) is 0 Å². The monoisotopic (exact) mass is 451 g/mol. The van der Waals surface area contributed by atoms with Gasteiger partial charge in [0.1, 0.15) is 5.82 Å². The fourth-order valence-electron chi connectivity index (χ4n) is 2.90. The molecular formula is C16H30IN5S. The highest BCUT2D eigenvalue weighted by atomic mass is 127. The average Bonchev–Trinajstić information content (AvgIpc) is 3.12. The molecule has 1 saturated carbocycles. The lowest BCUT2D eigenvalue weighted by atomic mass is 10.2. The minimum absolute atomic E-state index is 0. The first-order valence-electron chi connectivity index (χ1n) is 8.12. The molecule has 2 rings (SSSR count). The summed E-state index contributed by atoms with van der Waals surface area (Å²) in [6.45, 7) is 6.15. The Morgan fingerprint density at radius 1 is 1.48 bits per heavy atom. The number of imidazole rings is 1. The van der Waals surface area contributed by atoms with E-state index in [9.17, 15) is 0 Å². The second-order valence-corrected chi connectivity index (χ2v) is 7.47. The first kappa shape index (κ1) is 20.6. The molecule has 0 amide bonds. The number of guanidine groups is 1. The van der Waals surface area contributed by atoms with Gasteiger partial charge in [0.05, 0.1) is 6.54 Å². The molecule has 132 valence electrons. The van der Waals surface area contributed by atoms with Crippen LogP contribution in [0.15, 0.2) is 17.4 Å². The van der Waals surface area contributed by atoms with Gasteiger partial charge in [-0.3, -0.25) is 4.99 Å². The molecular weight excluding hydrogens is 421 g/mol. The van der Waals surface area contributed by atoms with E-state index < -0.39 is 0 Å². The normalized spacial score (nSPS) is 21.3. The molecule has 2 atom stereocenters. The molecule has 1 aromatic rings. The largest absolute Gasteiger partial charge is 0.354 e. The number of rotatable bonds is 6. The maximum atomic E-state index is 4.45. The van der Waals surface area contributed by atoms with Crippen molar-refractivity contribution in [2.45, 2.75) is 57.5 Å². The van der Waals surface area contributed by atoms with Gasteiger partial charge < -0.3 is 15.2 Å². The second-order valence-electron chi connectivity index (χ2n) is 6.33. The second kappa shape index (κ2) is 10.4. The van der Waals surface area contributed by atoms with Gasteiger partial charge in [-0.1, -0.05) is 13.8 Å². The van der Waals surface area contributed by atoms with E-state index in [4.69, 9.17) is 0 Å². The van der Waals surface area contributed by atoms with Gasteiger partial charge in [-0.15, -0.1) is 24.0 Å². The first-order valence-corrected chi connectivity index (χ1v) is 9.41. The molecule has 1 aliphatic rings. The van der Waals surface area contributed by atoms with E-state index in [-0.39, 0.29) is 24.0 Å². The predicted molar refractivity (Wildman–Crippen MR) is 111 cm³/mol. The molecule has 1 aliphatic carbocycles. The van der Waals surface area contributed by atoms with E-state index in [2.05, 4.69) is 45.3 Å². The van der Waals surface area contributed by atoms with Crippen molar-refractivity contribution in [2.75, 3.05) is 13.3 Å². The molecule has 23 heavy (non-hydrogen) atoms. The Kier molecular flexibility index (Phi) is 9.34. The molecule has 7 heteroatoms. The van der Waals surface area contributed by atoms with Gasteiger partial charge in [0.25, 0.3) is 0 Å². The lowest BCUT2D eigenvalue weighted by molar-refractivity contribution is 0.503. The summed E-state index contributed by atoms with van der Waals surface area (Å²) in [7, 11) is 1.83. The highest BCUT2D eigenvalue weighted by molar-refractivity contribution is 14.0. The van der Waals surface area contributed by atoms with Crippen LogP contribution in [-0.2, 0) is 13.1 Å². The Balaban J connectivity index is 0.00000264. The Labute approximate surface area is 161 Å². The molecule has 0 aromatic carbocycles. The van der Waals surface area contributed by atoms with Crippen molar-refractivity contribution in [1.82, 2.24) is 20.2 Å². The van der Waals surface area contributed by atoms with Gasteiger partial charge in [-0.25, -0.2) is 4.98 Å². The van der Waals surface area contributed by atoms with E-state index in [1.807, 2.05) is 31.2 Å². The fourth-order valence-corrected chi connectivity index (χ4v) is 3.70. The number of hydrogen-bond donors (Lipinski definition) is 2. The number of thioether (sulfide) groups is 1. The van der Waals surface area contributed by atoms with Crippen LogP contribution >= 0.6 is 35.7 Å². The van der Waals surface area contributed by atoms with Crippen LogP contribution in [0.2, 0.25) is 0 Å². The van der Waals surface area contributed by atoms with Gasteiger partial charge in [0.15, 0.2) is 5.96 Å². The average molecular weight is 451 g/mol. The molecule has 1 fully saturated rings. The van der Waals surface area contributed by atoms with Gasteiger partial charge in [-0.2, -0.15) is 11.8 Å². The van der Waals surface area contributed by atoms with Crippen LogP contribution in [0.1, 0.15) is 38.9 Å². The number of hydrogen-bond acceptors (Lipinski definition) is 3. The zero-order valence-corrected chi connectivity index (χ0v) is 17.7. The molecule has 0 aliphatic heterocycles. The molecule has 1 heterocycles. The Hall–Kier alpha value is -0.440. The van der Waals surface area contributed by atoms with Gasteiger partial charge in [0, 0.05) is 37.3 Å². The molecule has 2 unspecified atom stereocenters. The van der Waals surface area contributed by atoms with Gasteiger partial charge in [0.2, 0.25) is 0 Å². The van der Waals surface area contributed by atoms with Crippen molar-refractivity contribution in [2.24, 2.45) is 10.9 Å². The third-order valence-electron chi connectivity index (χ3n) is 4.06. The zero-order chi connectivity index (χ0) is 15.9. The van der Waals surface area contributed by atoms with Gasteiger partial charge >= 0.3 is 0 Å². The van der Waals surface area contributed by atoms with Gasteiger partial charge in [-0.05, 0) is 31.4 Å². The van der Waals surface area contributed by atoms with Crippen molar-refractivity contribution in [3.05, 3.63) is 18.2 Å². The summed E-state index contributed by atoms with van der Waals surface area (Å²) in [6, 6.07) is 0.541. The van der Waals surface area contributed by atoms with Crippen molar-refractivity contribution in [1.29, 1.82) is 0 Å². The SMILES string of the molecule is CN=C(NCc1nccn1CC(C)C)NC1CCC(SC)C1.I. The minimum atomic E-state index is 0. The van der Waals surface area contributed by atoms with Crippen LogP contribution in [0.3, 0.4) is 0 Å². The van der Waals surface area contributed by atoms with E-state index in [1.165, 1.54) is 19.3 Å². The summed E-state index contributed by atoms with van der Waals surface area (Å²) in [5, 5.41) is 7.73. The molecule has 2 N–H and O–H groups in total. The van der Waals surface area contributed by atoms with E-state index >= 15 is 0 Å². The summed E-state index contributed by atoms with van der Waals surface area (Å²) in [5.41, 5.74) is 0. The third-order valence-corrected chi connectivity index (χ3v) is 5.15. The molecule has 0 saturated heterocycles. The summed E-state index contributed by atoms with van der Waals surface area (Å²) < 4.78 is 2.21. The smallest absolute Gasteiger partial charge is 0.191 e. The molecule has 0 bridgehead atoms. The third kappa shape index (κ3) is 6.52. The van der Waals surface area contributed by atoms with Crippen LogP contribution in [0.5, 0.6) is 0 Å². The highest BCUT2D eigenvalue weighted by Gasteiger charge is 2.24. The standard InChI is InChI=1S/C16H29N5S.HI/c1-12(2)11-21-8-7-18-15(21)10-19-16(17-3)20-13-5-6-14(9-13)22-4;/h7-8,12-14H,5-6,9-11H2,1-4H3,(H2,17,19,20);1H. The van der Waals surface area contributed by atoms with Crippen molar-refractivity contribution >= 4 is 41.7 Å². The van der Waals surface area contributed by atoms with Crippen LogP contribution in [0, 0.1) is 5.92 Å². The number of aromatic nitrogens is 2. The lowest BCUT2D eigenvalue weighted by Crippen LogP contribution is -2.42. The highest BCUT2D eigenvalue weighted by Crippen LogP contribution is 2.27. The molecule has 0 spiro atoms. The Morgan fingerprint density at radius 2 is 2.26 bits per heavy atom. The van der Waals surface area contributed by atoms with Crippen LogP contribution in [0.25, 0.3) is 0 Å². The maximum absolute atomic E-state index is 4.45. The topological polar surface area (TPSA) is 54.2 Å². The summed E-state index contributed by atoms with van der Waals surface area (Å²) in [5.74, 6) is 2.56. The summed E-state index contributed by atoms with van der Waals surface area (Å²) >= 11 is 1.98. The molecule has 5 nitrogen and oxygen atoms in total. The quantitative estimate of drug-likeness (QED) is 0.397. The predicted octanol–water partition coefficient (Wildman–Crippen LogP) is 3.11.